The first-order valence-corrected chi connectivity index (χ1v) is 4.28. The van der Waals surface area contributed by atoms with Gasteiger partial charge in [-0.1, -0.05) is 29.4 Å². The Labute approximate surface area is 66.6 Å². The molecule has 0 aromatic rings. The van der Waals surface area contributed by atoms with Crippen LogP contribution in [-0.4, -0.2) is 5.33 Å². The Kier molecular flexibility index (Phi) is 4.42. The molecule has 0 fully saturated rings. The number of allylic oxidation sites excluding steroid dienone is 1. The minimum absolute atomic E-state index is 0.612. The van der Waals surface area contributed by atoms with Gasteiger partial charge < -0.3 is 0 Å². The first-order chi connectivity index (χ1) is 3.18. The smallest absolute Gasteiger partial charge is 0.0102 e. The molecule has 0 saturated heterocycles. The molecule has 2 heteroatoms. The predicted molar refractivity (Wildman–Crippen MR) is 46.1 cm³/mol. The van der Waals surface area contributed by atoms with Crippen LogP contribution in [0.5, 0.6) is 0 Å². The lowest BCUT2D eigenvalue weighted by Crippen LogP contribution is -1.91. The van der Waals surface area contributed by atoms with Crippen molar-refractivity contribution in [3.05, 3.63) is 10.2 Å². The SMILES string of the molecule is C=C(I)[C@H](C)CBr. The van der Waals surface area contributed by atoms with E-state index in [0.29, 0.717) is 5.92 Å². The molecule has 0 aliphatic heterocycles. The zero-order valence-corrected chi connectivity index (χ0v) is 7.99. The van der Waals surface area contributed by atoms with Crippen LogP contribution in [0, 0.1) is 5.92 Å². The molecule has 0 aliphatic carbocycles. The Morgan fingerprint density at radius 1 is 2.00 bits per heavy atom. The Balaban J connectivity index is 3.34. The van der Waals surface area contributed by atoms with E-state index in [0.717, 1.165) is 5.33 Å². The maximum Gasteiger partial charge on any atom is 0.0102 e. The van der Waals surface area contributed by atoms with E-state index in [-0.39, 0.29) is 0 Å². The second kappa shape index (κ2) is 3.89. The van der Waals surface area contributed by atoms with Crippen molar-refractivity contribution in [2.24, 2.45) is 5.92 Å². The van der Waals surface area contributed by atoms with E-state index < -0.39 is 0 Å². The fraction of sp³-hybridized carbons (Fsp3) is 0.600. The minimum atomic E-state index is 0.612. The normalized spacial score (nSPS) is 13.6. The van der Waals surface area contributed by atoms with Crippen LogP contribution in [0.2, 0.25) is 0 Å². The van der Waals surface area contributed by atoms with Crippen LogP contribution < -0.4 is 0 Å². The number of alkyl halides is 1. The summed E-state index contributed by atoms with van der Waals surface area (Å²) in [4.78, 5) is 0. The molecular formula is C5H8BrI. The third-order valence-electron chi connectivity index (χ3n) is 0.766. The van der Waals surface area contributed by atoms with Crippen LogP contribution in [0.4, 0.5) is 0 Å². The molecule has 0 rings (SSSR count). The molecule has 42 valence electrons. The zero-order chi connectivity index (χ0) is 5.86. The molecule has 0 bridgehead atoms. The van der Waals surface area contributed by atoms with Gasteiger partial charge in [0.25, 0.3) is 0 Å². The Morgan fingerprint density at radius 3 is 2.43 bits per heavy atom. The van der Waals surface area contributed by atoms with Gasteiger partial charge in [0.2, 0.25) is 0 Å². The highest BCUT2D eigenvalue weighted by molar-refractivity contribution is 14.1. The summed E-state index contributed by atoms with van der Waals surface area (Å²) < 4.78 is 1.22. The summed E-state index contributed by atoms with van der Waals surface area (Å²) in [5.41, 5.74) is 0. The molecule has 0 heterocycles. The highest BCUT2D eigenvalue weighted by atomic mass is 127. The number of rotatable bonds is 2. The minimum Gasteiger partial charge on any atom is -0.0921 e. The standard InChI is InChI=1S/C5H8BrI/c1-4(3-6)5(2)7/h4H,2-3H2,1H3/t4-/m1/s1. The van der Waals surface area contributed by atoms with Gasteiger partial charge in [-0.15, -0.1) is 0 Å². The van der Waals surface area contributed by atoms with Crippen LogP contribution in [0.15, 0.2) is 10.2 Å². The van der Waals surface area contributed by atoms with Gasteiger partial charge in [0.1, 0.15) is 0 Å². The lowest BCUT2D eigenvalue weighted by Gasteiger charge is -2.00. The van der Waals surface area contributed by atoms with Crippen LogP contribution in [0.1, 0.15) is 6.92 Å². The zero-order valence-electron chi connectivity index (χ0n) is 4.25. The Hall–Kier alpha value is 0.950. The van der Waals surface area contributed by atoms with E-state index in [9.17, 15) is 0 Å². The fourth-order valence-corrected chi connectivity index (χ4v) is 1.30. The largest absolute Gasteiger partial charge is 0.0921 e. The third kappa shape index (κ3) is 3.53. The number of hydrogen-bond acceptors (Lipinski definition) is 0. The van der Waals surface area contributed by atoms with Gasteiger partial charge in [-0.05, 0) is 32.1 Å². The monoisotopic (exact) mass is 274 g/mol. The van der Waals surface area contributed by atoms with Gasteiger partial charge >= 0.3 is 0 Å². The fourth-order valence-electron chi connectivity index (χ4n) is 0.0837. The maximum atomic E-state index is 3.78. The van der Waals surface area contributed by atoms with Crippen molar-refractivity contribution in [3.63, 3.8) is 0 Å². The highest BCUT2D eigenvalue weighted by Crippen LogP contribution is 2.16. The van der Waals surface area contributed by atoms with Crippen molar-refractivity contribution >= 4 is 38.5 Å². The van der Waals surface area contributed by atoms with Crippen molar-refractivity contribution in [1.29, 1.82) is 0 Å². The molecule has 0 nitrogen and oxygen atoms in total. The van der Waals surface area contributed by atoms with Crippen molar-refractivity contribution in [3.8, 4) is 0 Å². The molecule has 0 aromatic heterocycles. The first-order valence-electron chi connectivity index (χ1n) is 2.08. The Bertz CT molecular complexity index is 70.5. The van der Waals surface area contributed by atoms with Gasteiger partial charge in [-0.3, -0.25) is 0 Å². The van der Waals surface area contributed by atoms with Gasteiger partial charge in [-0.25, -0.2) is 0 Å². The second-order valence-electron chi connectivity index (χ2n) is 1.50. The highest BCUT2D eigenvalue weighted by Gasteiger charge is 1.97. The summed E-state index contributed by atoms with van der Waals surface area (Å²) in [6.07, 6.45) is 0. The van der Waals surface area contributed by atoms with Crippen molar-refractivity contribution in [2.45, 2.75) is 6.92 Å². The molecule has 1 atom stereocenters. The van der Waals surface area contributed by atoms with Crippen molar-refractivity contribution < 1.29 is 0 Å². The molecular weight excluding hydrogens is 267 g/mol. The molecule has 0 N–H and O–H groups in total. The topological polar surface area (TPSA) is 0 Å². The van der Waals surface area contributed by atoms with E-state index in [4.69, 9.17) is 0 Å². The quantitative estimate of drug-likeness (QED) is 0.537. The number of halogens is 2. The van der Waals surface area contributed by atoms with E-state index in [1.807, 2.05) is 0 Å². The van der Waals surface area contributed by atoms with Gasteiger partial charge in [0, 0.05) is 5.33 Å². The predicted octanol–water partition coefficient (Wildman–Crippen LogP) is 2.97. The summed E-state index contributed by atoms with van der Waals surface area (Å²) in [5, 5.41) is 1.02. The average molecular weight is 275 g/mol. The third-order valence-corrected chi connectivity index (χ3v) is 2.80. The average Bonchev–Trinajstić information content (AvgIpc) is 1.65. The molecule has 7 heavy (non-hydrogen) atoms. The van der Waals surface area contributed by atoms with Crippen molar-refractivity contribution in [2.75, 3.05) is 5.33 Å². The first kappa shape index (κ1) is 7.95. The summed E-state index contributed by atoms with van der Waals surface area (Å²) in [5.74, 6) is 0.612. The molecule has 0 aromatic carbocycles. The van der Waals surface area contributed by atoms with Crippen LogP contribution in [-0.2, 0) is 0 Å². The Morgan fingerprint density at radius 2 is 2.43 bits per heavy atom. The number of hydrogen-bond donors (Lipinski definition) is 0. The van der Waals surface area contributed by atoms with Crippen LogP contribution in [0.3, 0.4) is 0 Å². The van der Waals surface area contributed by atoms with E-state index in [1.54, 1.807) is 0 Å². The van der Waals surface area contributed by atoms with E-state index in [1.165, 1.54) is 3.58 Å². The summed E-state index contributed by atoms with van der Waals surface area (Å²) in [7, 11) is 0. The molecule has 0 unspecified atom stereocenters. The molecule has 0 radical (unpaired) electrons. The van der Waals surface area contributed by atoms with Crippen molar-refractivity contribution in [1.82, 2.24) is 0 Å². The molecule has 0 amide bonds. The molecule has 0 spiro atoms. The molecule has 0 aliphatic rings. The van der Waals surface area contributed by atoms with E-state index >= 15 is 0 Å². The second-order valence-corrected chi connectivity index (χ2v) is 3.54. The van der Waals surface area contributed by atoms with Gasteiger partial charge in [-0.2, -0.15) is 0 Å². The lowest BCUT2D eigenvalue weighted by molar-refractivity contribution is 0.850. The van der Waals surface area contributed by atoms with E-state index in [2.05, 4.69) is 52.0 Å². The van der Waals surface area contributed by atoms with Crippen LogP contribution >= 0.6 is 38.5 Å². The maximum absolute atomic E-state index is 3.78. The van der Waals surface area contributed by atoms with Gasteiger partial charge in [0.15, 0.2) is 0 Å². The summed E-state index contributed by atoms with van der Waals surface area (Å²) in [6.45, 7) is 5.92. The summed E-state index contributed by atoms with van der Waals surface area (Å²) >= 11 is 5.59. The molecule has 0 saturated carbocycles. The van der Waals surface area contributed by atoms with Gasteiger partial charge in [0.05, 0.1) is 0 Å². The lowest BCUT2D eigenvalue weighted by atomic mass is 10.2. The van der Waals surface area contributed by atoms with Crippen LogP contribution in [0.25, 0.3) is 0 Å². The summed E-state index contributed by atoms with van der Waals surface area (Å²) in [6, 6.07) is 0.